The number of pyridine rings is 1. The van der Waals surface area contributed by atoms with E-state index in [4.69, 9.17) is 32.7 Å². The van der Waals surface area contributed by atoms with E-state index in [9.17, 15) is 4.79 Å². The maximum Gasteiger partial charge on any atom is 0.391 e. The highest BCUT2D eigenvalue weighted by Crippen LogP contribution is 2.32. The largest absolute Gasteiger partial charge is 0.425 e. The minimum absolute atomic E-state index is 0.191. The van der Waals surface area contributed by atoms with E-state index in [1.54, 1.807) is 36.4 Å². The Kier molecular flexibility index (Phi) is 8.37. The van der Waals surface area contributed by atoms with Gasteiger partial charge in [0.25, 0.3) is 0 Å². The van der Waals surface area contributed by atoms with E-state index >= 15 is 0 Å². The van der Waals surface area contributed by atoms with Gasteiger partial charge in [-0.3, -0.25) is 4.79 Å². The van der Waals surface area contributed by atoms with Crippen LogP contribution in [0.2, 0.25) is 0 Å². The Labute approximate surface area is 145 Å². The zero-order chi connectivity index (χ0) is 18.8. The molecule has 10 nitrogen and oxygen atoms in total. The molecule has 0 aliphatic carbocycles. The first-order valence-corrected chi connectivity index (χ1v) is 8.22. The number of para-hydroxylation sites is 2. The summed E-state index contributed by atoms with van der Waals surface area (Å²) in [6.07, 6.45) is 0.256. The van der Waals surface area contributed by atoms with Crippen molar-refractivity contribution in [2.45, 2.75) is 6.42 Å². The van der Waals surface area contributed by atoms with E-state index in [1.807, 2.05) is 0 Å². The maximum atomic E-state index is 11.1. The van der Waals surface area contributed by atoms with Crippen LogP contribution >= 0.6 is 8.60 Å². The molecule has 25 heavy (non-hydrogen) atoms. The zero-order valence-corrected chi connectivity index (χ0v) is 14.2. The second kappa shape index (κ2) is 10.3. The molecule has 136 valence electrons. The van der Waals surface area contributed by atoms with Gasteiger partial charge in [0.05, 0.1) is 11.4 Å². The molecule has 0 fully saturated rings. The number of hydrogen-bond donors (Lipinski definition) is 7. The second-order valence-corrected chi connectivity index (χ2v) is 5.33. The topological polar surface area (TPSA) is 196 Å². The monoisotopic (exact) mass is 368 g/mol. The Morgan fingerprint density at radius 1 is 1.12 bits per heavy atom. The fourth-order valence-electron chi connectivity index (χ4n) is 1.54. The molecule has 1 aromatic heterocycles. The smallest absolute Gasteiger partial charge is 0.391 e. The molecule has 11 N–H and O–H groups in total. The number of hydrogen-bond acceptors (Lipinski definition) is 9. The molecule has 0 radical (unpaired) electrons. The molecule has 2 rings (SSSR count). The van der Waals surface area contributed by atoms with E-state index in [1.165, 1.54) is 0 Å². The molecule has 2 aromatic rings. The molecule has 0 saturated carbocycles. The molecule has 0 bridgehead atoms. The molecule has 0 aliphatic heterocycles. The number of carbonyl (C=O) groups excluding carboxylic acids is 1. The van der Waals surface area contributed by atoms with Crippen molar-refractivity contribution in [3.63, 3.8) is 0 Å². The molecular formula is C14H21N6O4P. The third kappa shape index (κ3) is 7.64. The quantitative estimate of drug-likeness (QED) is 0.288. The minimum atomic E-state index is -2.37. The summed E-state index contributed by atoms with van der Waals surface area (Å²) in [5.74, 6) is 0.693. The van der Waals surface area contributed by atoms with Crippen LogP contribution in [0.25, 0.3) is 0 Å². The number of aromatic nitrogens is 1. The summed E-state index contributed by atoms with van der Waals surface area (Å²) in [5, 5.41) is 2.55. The van der Waals surface area contributed by atoms with E-state index in [-0.39, 0.29) is 18.1 Å². The Balaban J connectivity index is 0.000000257. The van der Waals surface area contributed by atoms with Crippen molar-refractivity contribution < 1.29 is 19.1 Å². The van der Waals surface area contributed by atoms with Crippen molar-refractivity contribution in [3.05, 3.63) is 36.4 Å². The molecule has 1 aromatic carbocycles. The molecule has 0 saturated heterocycles. The third-order valence-corrected chi connectivity index (χ3v) is 3.06. The number of nitrogens with zero attached hydrogens (tertiary/aromatic N) is 1. The lowest BCUT2D eigenvalue weighted by atomic mass is 10.3. The molecule has 0 spiro atoms. The third-order valence-electron chi connectivity index (χ3n) is 2.70. The highest BCUT2D eigenvalue weighted by Gasteiger charge is 2.04. The first-order chi connectivity index (χ1) is 11.8. The maximum absolute atomic E-state index is 11.1. The molecule has 1 heterocycles. The predicted molar refractivity (Wildman–Crippen MR) is 98.2 cm³/mol. The second-order valence-electron chi connectivity index (χ2n) is 4.64. The van der Waals surface area contributed by atoms with Crippen LogP contribution < -0.4 is 32.8 Å². The van der Waals surface area contributed by atoms with E-state index in [0.29, 0.717) is 29.5 Å². The van der Waals surface area contributed by atoms with Gasteiger partial charge in [0, 0.05) is 13.0 Å². The molecule has 0 unspecified atom stereocenters. The Morgan fingerprint density at radius 3 is 2.36 bits per heavy atom. The Morgan fingerprint density at radius 2 is 1.80 bits per heavy atom. The molecule has 11 heteroatoms. The number of benzene rings is 1. The summed E-state index contributed by atoms with van der Waals surface area (Å²) in [6, 6.07) is 9.79. The van der Waals surface area contributed by atoms with E-state index < -0.39 is 8.60 Å². The van der Waals surface area contributed by atoms with Gasteiger partial charge < -0.3 is 42.6 Å². The lowest BCUT2D eigenvalue weighted by Crippen LogP contribution is -2.17. The number of nitrogens with two attached hydrogens (primary N) is 4. The normalized spacial score (nSPS) is 9.92. The molecule has 0 atom stereocenters. The first kappa shape index (κ1) is 20.4. The van der Waals surface area contributed by atoms with Gasteiger partial charge in [-0.15, -0.1) is 0 Å². The van der Waals surface area contributed by atoms with Gasteiger partial charge in [-0.05, 0) is 24.3 Å². The van der Waals surface area contributed by atoms with Gasteiger partial charge in [0.2, 0.25) is 5.91 Å². The van der Waals surface area contributed by atoms with Crippen molar-refractivity contribution >= 4 is 37.5 Å². The SMILES string of the molecule is NCCC(=O)Nc1ccc(N)c(N)n1.Nc1ccccc1OP(O)O. The van der Waals surface area contributed by atoms with Crippen LogP contribution in [0.4, 0.5) is 23.0 Å². The number of nitrogen functional groups attached to an aromatic ring is 3. The molecular weight excluding hydrogens is 347 g/mol. The highest BCUT2D eigenvalue weighted by atomic mass is 31.2. The van der Waals surface area contributed by atoms with Crippen LogP contribution in [0.1, 0.15) is 6.42 Å². The van der Waals surface area contributed by atoms with Gasteiger partial charge in [0.15, 0.2) is 5.75 Å². The minimum Gasteiger partial charge on any atom is -0.425 e. The van der Waals surface area contributed by atoms with Gasteiger partial charge in [-0.25, -0.2) is 4.98 Å². The Bertz CT molecular complexity index is 701. The van der Waals surface area contributed by atoms with E-state index in [2.05, 4.69) is 14.8 Å². The summed E-state index contributed by atoms with van der Waals surface area (Å²) in [6.45, 7) is 0.302. The van der Waals surface area contributed by atoms with Crippen LogP contribution in [0, 0.1) is 0 Å². The van der Waals surface area contributed by atoms with Gasteiger partial charge >= 0.3 is 8.60 Å². The number of anilines is 4. The average Bonchev–Trinajstić information content (AvgIpc) is 2.54. The standard InChI is InChI=1S/C8H13N5O.C6H8NO3P/c9-4-3-7(14)12-6-2-1-5(10)8(11)13-6;7-5-3-1-2-4-6(5)10-11(8)9/h1-2H,3-4,9-10H2,(H3,11,12,13,14);1-4,8-9H,7H2. The van der Waals surface area contributed by atoms with Crippen LogP contribution in [-0.2, 0) is 4.79 Å². The van der Waals surface area contributed by atoms with Crippen LogP contribution in [-0.4, -0.2) is 27.2 Å². The van der Waals surface area contributed by atoms with Crippen LogP contribution in [0.3, 0.4) is 0 Å². The summed E-state index contributed by atoms with van der Waals surface area (Å²) >= 11 is 0. The fourth-order valence-corrected chi connectivity index (χ4v) is 1.89. The summed E-state index contributed by atoms with van der Waals surface area (Å²) in [7, 11) is -2.37. The van der Waals surface area contributed by atoms with Crippen molar-refractivity contribution in [2.24, 2.45) is 5.73 Å². The number of carbonyl (C=O) groups is 1. The summed E-state index contributed by atoms with van der Waals surface area (Å²) in [5.41, 5.74) is 22.3. The molecule has 1 amide bonds. The van der Waals surface area contributed by atoms with Crippen molar-refractivity contribution in [1.29, 1.82) is 0 Å². The van der Waals surface area contributed by atoms with Crippen molar-refractivity contribution in [1.82, 2.24) is 4.98 Å². The predicted octanol–water partition coefficient (Wildman–Crippen LogP) is 0.392. The lowest BCUT2D eigenvalue weighted by molar-refractivity contribution is -0.116. The fraction of sp³-hybridized carbons (Fsp3) is 0.143. The number of amides is 1. The number of nitrogens with one attached hydrogen (secondary N) is 1. The van der Waals surface area contributed by atoms with Crippen LogP contribution in [0.5, 0.6) is 5.75 Å². The van der Waals surface area contributed by atoms with Gasteiger partial charge in [-0.2, -0.15) is 0 Å². The van der Waals surface area contributed by atoms with Crippen LogP contribution in [0.15, 0.2) is 36.4 Å². The molecule has 0 aliphatic rings. The highest BCUT2D eigenvalue weighted by molar-refractivity contribution is 7.39. The Hall–Kier alpha value is -2.65. The first-order valence-electron chi connectivity index (χ1n) is 7.05. The number of rotatable bonds is 5. The zero-order valence-electron chi connectivity index (χ0n) is 13.3. The lowest BCUT2D eigenvalue weighted by Gasteiger charge is -2.06. The average molecular weight is 368 g/mol. The van der Waals surface area contributed by atoms with Gasteiger partial charge in [0.1, 0.15) is 11.6 Å². The summed E-state index contributed by atoms with van der Waals surface area (Å²) in [4.78, 5) is 31.9. The summed E-state index contributed by atoms with van der Waals surface area (Å²) < 4.78 is 4.60. The van der Waals surface area contributed by atoms with Gasteiger partial charge in [-0.1, -0.05) is 12.1 Å². The van der Waals surface area contributed by atoms with Crippen molar-refractivity contribution in [2.75, 3.05) is 29.1 Å². The van der Waals surface area contributed by atoms with E-state index in [0.717, 1.165) is 0 Å². The van der Waals surface area contributed by atoms with Crippen molar-refractivity contribution in [3.8, 4) is 5.75 Å².